The molecule has 0 aliphatic heterocycles. The fourth-order valence-corrected chi connectivity index (χ4v) is 3.60. The summed E-state index contributed by atoms with van der Waals surface area (Å²) in [4.78, 5) is 8.35. The van der Waals surface area contributed by atoms with Gasteiger partial charge in [-0.15, -0.1) is 0 Å². The van der Waals surface area contributed by atoms with Crippen molar-refractivity contribution in [1.82, 2.24) is 9.80 Å². The average Bonchev–Trinajstić information content (AvgIpc) is 2.35. The van der Waals surface area contributed by atoms with Crippen molar-refractivity contribution in [2.45, 2.75) is 12.5 Å². The maximum Gasteiger partial charge on any atom is 0.500 e. The molecule has 0 aromatic rings. The summed E-state index contributed by atoms with van der Waals surface area (Å²) in [7, 11) is 10.3. The molecule has 6 nitrogen and oxygen atoms in total. The van der Waals surface area contributed by atoms with Gasteiger partial charge in [0.2, 0.25) is 0 Å². The lowest BCUT2D eigenvalue weighted by atomic mass is 10.4. The summed E-state index contributed by atoms with van der Waals surface area (Å²) in [6.07, 6.45) is 0.936. The van der Waals surface area contributed by atoms with E-state index in [0.29, 0.717) is 0 Å². The SMILES string of the molecule is C/N=C(\N(C)C)N(C)CCC[Si](OC)(OC)OC. The normalized spacial score (nSPS) is 12.7. The lowest BCUT2D eigenvalue weighted by Crippen LogP contribution is -2.44. The molecule has 0 saturated carbocycles. The zero-order chi connectivity index (χ0) is 14.2. The van der Waals surface area contributed by atoms with Crippen molar-refractivity contribution in [2.24, 2.45) is 4.99 Å². The highest BCUT2D eigenvalue weighted by atomic mass is 28.4. The molecule has 0 aliphatic rings. The van der Waals surface area contributed by atoms with E-state index < -0.39 is 8.80 Å². The first-order valence-corrected chi connectivity index (χ1v) is 7.90. The Morgan fingerprint density at radius 3 is 1.89 bits per heavy atom. The van der Waals surface area contributed by atoms with Crippen molar-refractivity contribution < 1.29 is 13.3 Å². The van der Waals surface area contributed by atoms with Crippen LogP contribution in [0.3, 0.4) is 0 Å². The molecule has 18 heavy (non-hydrogen) atoms. The van der Waals surface area contributed by atoms with Crippen LogP contribution >= 0.6 is 0 Å². The van der Waals surface area contributed by atoms with Crippen molar-refractivity contribution >= 4 is 14.8 Å². The molecule has 0 radical (unpaired) electrons. The van der Waals surface area contributed by atoms with E-state index in [-0.39, 0.29) is 0 Å². The van der Waals surface area contributed by atoms with Gasteiger partial charge in [0, 0.05) is 62.1 Å². The van der Waals surface area contributed by atoms with Crippen molar-refractivity contribution in [3.8, 4) is 0 Å². The molecule has 0 amide bonds. The molecule has 0 atom stereocenters. The minimum atomic E-state index is -2.44. The van der Waals surface area contributed by atoms with Crippen LogP contribution in [0.5, 0.6) is 0 Å². The van der Waals surface area contributed by atoms with E-state index in [9.17, 15) is 0 Å². The van der Waals surface area contributed by atoms with E-state index in [1.54, 1.807) is 28.4 Å². The van der Waals surface area contributed by atoms with Gasteiger partial charge in [-0.3, -0.25) is 4.99 Å². The topological polar surface area (TPSA) is 46.5 Å². The summed E-state index contributed by atoms with van der Waals surface area (Å²) < 4.78 is 16.2. The second kappa shape index (κ2) is 8.47. The number of hydrogen-bond acceptors (Lipinski definition) is 4. The first-order chi connectivity index (χ1) is 8.46. The molecule has 0 spiro atoms. The Kier molecular flexibility index (Phi) is 8.17. The van der Waals surface area contributed by atoms with Gasteiger partial charge in [-0.1, -0.05) is 0 Å². The molecule has 0 N–H and O–H groups in total. The Bertz CT molecular complexity index is 250. The van der Waals surface area contributed by atoms with E-state index in [1.807, 2.05) is 26.0 Å². The second-order valence-electron chi connectivity index (χ2n) is 4.24. The molecule has 0 bridgehead atoms. The van der Waals surface area contributed by atoms with Gasteiger partial charge in [0.15, 0.2) is 5.96 Å². The molecule has 0 aromatic carbocycles. The minimum absolute atomic E-state index is 0.797. The fourth-order valence-electron chi connectivity index (χ4n) is 1.90. The third kappa shape index (κ3) is 4.93. The first kappa shape index (κ1) is 17.4. The van der Waals surface area contributed by atoms with Crippen molar-refractivity contribution in [1.29, 1.82) is 0 Å². The Morgan fingerprint density at radius 2 is 1.56 bits per heavy atom. The summed E-state index contributed by atoms with van der Waals surface area (Å²) in [6.45, 7) is 0.885. The molecular formula is C11H27N3O3Si. The third-order valence-corrected chi connectivity index (χ3v) is 5.68. The lowest BCUT2D eigenvalue weighted by Gasteiger charge is -2.28. The average molecular weight is 277 g/mol. The molecule has 0 heterocycles. The zero-order valence-corrected chi connectivity index (χ0v) is 13.7. The van der Waals surface area contributed by atoms with Gasteiger partial charge in [0.25, 0.3) is 0 Å². The third-order valence-electron chi connectivity index (χ3n) is 2.85. The molecule has 0 unspecified atom stereocenters. The predicted octanol–water partition coefficient (Wildman–Crippen LogP) is 0.734. The van der Waals surface area contributed by atoms with Crippen molar-refractivity contribution in [3.63, 3.8) is 0 Å². The van der Waals surface area contributed by atoms with Gasteiger partial charge in [-0.05, 0) is 6.42 Å². The van der Waals surface area contributed by atoms with Gasteiger partial charge in [0.1, 0.15) is 0 Å². The quantitative estimate of drug-likeness (QED) is 0.390. The van der Waals surface area contributed by atoms with Crippen LogP contribution in [0, 0.1) is 0 Å². The van der Waals surface area contributed by atoms with Crippen LogP contribution in [-0.2, 0) is 13.3 Å². The number of aliphatic imine (C=N–C) groups is 1. The lowest BCUT2D eigenvalue weighted by molar-refractivity contribution is 0.122. The van der Waals surface area contributed by atoms with E-state index >= 15 is 0 Å². The summed E-state index contributed by atoms with van der Waals surface area (Å²) in [6, 6.07) is 0.797. The highest BCUT2D eigenvalue weighted by molar-refractivity contribution is 6.60. The zero-order valence-electron chi connectivity index (χ0n) is 12.7. The van der Waals surface area contributed by atoms with Crippen LogP contribution < -0.4 is 0 Å². The maximum atomic E-state index is 5.39. The standard InChI is InChI=1S/C11H27N3O3Si/c1-12-11(13(2)3)14(4)9-8-10-18(15-5,16-6)17-7/h8-10H2,1-7H3/b12-11+. The van der Waals surface area contributed by atoms with Gasteiger partial charge in [-0.2, -0.15) is 0 Å². The Hall–Kier alpha value is -0.633. The smallest absolute Gasteiger partial charge is 0.377 e. The van der Waals surface area contributed by atoms with E-state index in [4.69, 9.17) is 13.3 Å². The molecule has 0 aliphatic carbocycles. The predicted molar refractivity (Wildman–Crippen MR) is 75.9 cm³/mol. The highest BCUT2D eigenvalue weighted by Gasteiger charge is 2.37. The molecule has 7 heteroatoms. The summed E-state index contributed by atoms with van der Waals surface area (Å²) >= 11 is 0. The van der Waals surface area contributed by atoms with E-state index in [1.165, 1.54) is 0 Å². The van der Waals surface area contributed by atoms with Crippen LogP contribution in [0.15, 0.2) is 4.99 Å². The highest BCUT2D eigenvalue weighted by Crippen LogP contribution is 2.15. The molecule has 0 rings (SSSR count). The van der Waals surface area contributed by atoms with Crippen LogP contribution in [0.2, 0.25) is 6.04 Å². The number of hydrogen-bond donors (Lipinski definition) is 0. The summed E-state index contributed by atoms with van der Waals surface area (Å²) in [5.74, 6) is 0.953. The summed E-state index contributed by atoms with van der Waals surface area (Å²) in [5, 5.41) is 0. The fraction of sp³-hybridized carbons (Fsp3) is 0.909. The largest absolute Gasteiger partial charge is 0.500 e. The van der Waals surface area contributed by atoms with Gasteiger partial charge in [-0.25, -0.2) is 0 Å². The molecule has 108 valence electrons. The van der Waals surface area contributed by atoms with Gasteiger partial charge in [0.05, 0.1) is 0 Å². The van der Waals surface area contributed by atoms with Crippen LogP contribution in [-0.4, -0.2) is 80.6 Å². The van der Waals surface area contributed by atoms with Crippen LogP contribution in [0.4, 0.5) is 0 Å². The van der Waals surface area contributed by atoms with Gasteiger partial charge < -0.3 is 23.1 Å². The second-order valence-corrected chi connectivity index (χ2v) is 7.33. The first-order valence-electron chi connectivity index (χ1n) is 5.97. The molecular weight excluding hydrogens is 250 g/mol. The van der Waals surface area contributed by atoms with Crippen molar-refractivity contribution in [3.05, 3.63) is 0 Å². The monoisotopic (exact) mass is 277 g/mol. The van der Waals surface area contributed by atoms with Crippen molar-refractivity contribution in [2.75, 3.05) is 56.1 Å². The number of rotatable bonds is 7. The van der Waals surface area contributed by atoms with Gasteiger partial charge >= 0.3 is 8.80 Å². The Labute approximate surface area is 112 Å². The maximum absolute atomic E-state index is 5.39. The van der Waals surface area contributed by atoms with E-state index in [2.05, 4.69) is 9.89 Å². The molecule has 0 aromatic heterocycles. The Morgan fingerprint density at radius 1 is 1.06 bits per heavy atom. The summed E-state index contributed by atoms with van der Waals surface area (Å²) in [5.41, 5.74) is 0. The number of nitrogens with zero attached hydrogens (tertiary/aromatic N) is 3. The number of guanidine groups is 1. The Balaban J connectivity index is 4.26. The minimum Gasteiger partial charge on any atom is -0.377 e. The molecule has 0 fully saturated rings. The van der Waals surface area contributed by atoms with Crippen LogP contribution in [0.25, 0.3) is 0 Å². The van der Waals surface area contributed by atoms with E-state index in [0.717, 1.165) is 25.0 Å². The van der Waals surface area contributed by atoms with Crippen LogP contribution in [0.1, 0.15) is 6.42 Å². The molecule has 0 saturated heterocycles.